The molecule has 0 spiro atoms. The van der Waals surface area contributed by atoms with Gasteiger partial charge in [-0.1, -0.05) is 12.1 Å². The average molecular weight is 215 g/mol. The van der Waals surface area contributed by atoms with Crippen LogP contribution in [0.1, 0.15) is 0 Å². The van der Waals surface area contributed by atoms with Crippen LogP contribution in [-0.4, -0.2) is 24.1 Å². The second kappa shape index (κ2) is 3.98. The second-order valence-electron chi connectivity index (χ2n) is 3.95. The zero-order chi connectivity index (χ0) is 10.8. The molecule has 1 aliphatic rings. The molecule has 4 heteroatoms. The van der Waals surface area contributed by atoms with E-state index in [1.54, 1.807) is 6.20 Å². The SMILES string of the molecule is c1cc(NC2CNC2)cc(-c2cnco2)c1. The highest BCUT2D eigenvalue weighted by atomic mass is 16.3. The topological polar surface area (TPSA) is 50.1 Å². The van der Waals surface area contributed by atoms with Crippen LogP contribution in [0.4, 0.5) is 5.69 Å². The smallest absolute Gasteiger partial charge is 0.181 e. The fourth-order valence-corrected chi connectivity index (χ4v) is 1.75. The number of benzene rings is 1. The molecule has 2 heterocycles. The summed E-state index contributed by atoms with van der Waals surface area (Å²) in [5.74, 6) is 0.801. The van der Waals surface area contributed by atoms with E-state index in [0.717, 1.165) is 30.1 Å². The highest BCUT2D eigenvalue weighted by molar-refractivity contribution is 5.63. The van der Waals surface area contributed by atoms with Gasteiger partial charge in [-0.15, -0.1) is 0 Å². The first kappa shape index (κ1) is 9.42. The molecular weight excluding hydrogens is 202 g/mol. The summed E-state index contributed by atoms with van der Waals surface area (Å²) >= 11 is 0. The minimum absolute atomic E-state index is 0.546. The van der Waals surface area contributed by atoms with Gasteiger partial charge in [0, 0.05) is 24.3 Å². The van der Waals surface area contributed by atoms with Crippen LogP contribution < -0.4 is 10.6 Å². The van der Waals surface area contributed by atoms with E-state index < -0.39 is 0 Å². The lowest BCUT2D eigenvalue weighted by Gasteiger charge is -2.29. The van der Waals surface area contributed by atoms with Gasteiger partial charge in [-0.2, -0.15) is 0 Å². The fraction of sp³-hybridized carbons (Fsp3) is 0.250. The Hall–Kier alpha value is -1.81. The molecule has 1 aromatic heterocycles. The molecule has 0 amide bonds. The number of oxazole rings is 1. The van der Waals surface area contributed by atoms with Crippen LogP contribution in [0.2, 0.25) is 0 Å². The van der Waals surface area contributed by atoms with Crippen molar-refractivity contribution in [1.82, 2.24) is 10.3 Å². The number of hydrogen-bond donors (Lipinski definition) is 2. The number of nitrogens with zero attached hydrogens (tertiary/aromatic N) is 1. The van der Waals surface area contributed by atoms with Gasteiger partial charge >= 0.3 is 0 Å². The molecule has 1 aromatic carbocycles. The first-order valence-corrected chi connectivity index (χ1v) is 5.38. The maximum atomic E-state index is 5.27. The van der Waals surface area contributed by atoms with Gasteiger partial charge < -0.3 is 15.1 Å². The molecule has 2 aromatic rings. The molecular formula is C12H13N3O. The lowest BCUT2D eigenvalue weighted by atomic mass is 10.1. The van der Waals surface area contributed by atoms with Crippen molar-refractivity contribution in [2.45, 2.75) is 6.04 Å². The highest BCUT2D eigenvalue weighted by Crippen LogP contribution is 2.22. The number of nitrogens with one attached hydrogen (secondary N) is 2. The monoisotopic (exact) mass is 215 g/mol. The van der Waals surface area contributed by atoms with Gasteiger partial charge in [0.25, 0.3) is 0 Å². The normalized spacial score (nSPS) is 15.8. The van der Waals surface area contributed by atoms with Crippen molar-refractivity contribution in [3.05, 3.63) is 36.9 Å². The van der Waals surface area contributed by atoms with E-state index in [9.17, 15) is 0 Å². The van der Waals surface area contributed by atoms with Crippen LogP contribution in [-0.2, 0) is 0 Å². The maximum Gasteiger partial charge on any atom is 0.181 e. The maximum absolute atomic E-state index is 5.27. The van der Waals surface area contributed by atoms with Crippen molar-refractivity contribution in [2.75, 3.05) is 18.4 Å². The number of rotatable bonds is 3. The summed E-state index contributed by atoms with van der Waals surface area (Å²) in [5.41, 5.74) is 2.18. The lowest BCUT2D eigenvalue weighted by molar-refractivity contribution is 0.472. The standard InChI is InChI=1S/C12H13N3O/c1-2-9(12-7-14-8-16-12)4-10(3-1)15-11-5-13-6-11/h1-4,7-8,11,13,15H,5-6H2. The van der Waals surface area contributed by atoms with Crippen LogP contribution in [0.3, 0.4) is 0 Å². The minimum Gasteiger partial charge on any atom is -0.444 e. The Morgan fingerprint density at radius 3 is 3.00 bits per heavy atom. The molecule has 1 saturated heterocycles. The third-order valence-electron chi connectivity index (χ3n) is 2.73. The predicted molar refractivity (Wildman–Crippen MR) is 62.2 cm³/mol. The molecule has 1 aliphatic heterocycles. The Kier molecular flexibility index (Phi) is 2.34. The van der Waals surface area contributed by atoms with E-state index in [0.29, 0.717) is 6.04 Å². The van der Waals surface area contributed by atoms with Gasteiger partial charge in [0.05, 0.1) is 12.2 Å². The molecule has 0 atom stereocenters. The third-order valence-corrected chi connectivity index (χ3v) is 2.73. The molecule has 16 heavy (non-hydrogen) atoms. The van der Waals surface area contributed by atoms with Crippen LogP contribution in [0.5, 0.6) is 0 Å². The predicted octanol–water partition coefficient (Wildman–Crippen LogP) is 1.73. The summed E-state index contributed by atoms with van der Waals surface area (Å²) in [7, 11) is 0. The minimum atomic E-state index is 0.546. The van der Waals surface area contributed by atoms with E-state index in [2.05, 4.69) is 27.8 Å². The molecule has 2 N–H and O–H groups in total. The molecule has 82 valence electrons. The summed E-state index contributed by atoms with van der Waals surface area (Å²) in [6.07, 6.45) is 3.18. The Bertz CT molecular complexity index is 463. The van der Waals surface area contributed by atoms with E-state index >= 15 is 0 Å². The Labute approximate surface area is 93.7 Å². The van der Waals surface area contributed by atoms with E-state index in [4.69, 9.17) is 4.42 Å². The lowest BCUT2D eigenvalue weighted by Crippen LogP contribution is -2.51. The summed E-state index contributed by atoms with van der Waals surface area (Å²) in [4.78, 5) is 3.92. The summed E-state index contributed by atoms with van der Waals surface area (Å²) < 4.78 is 5.27. The first-order chi connectivity index (χ1) is 7.92. The van der Waals surface area contributed by atoms with Crippen LogP contribution in [0, 0.1) is 0 Å². The summed E-state index contributed by atoms with van der Waals surface area (Å²) in [6, 6.07) is 8.73. The fourth-order valence-electron chi connectivity index (χ4n) is 1.75. The summed E-state index contributed by atoms with van der Waals surface area (Å²) in [6.45, 7) is 2.07. The van der Waals surface area contributed by atoms with Crippen molar-refractivity contribution in [3.8, 4) is 11.3 Å². The van der Waals surface area contributed by atoms with E-state index in [1.165, 1.54) is 6.39 Å². The van der Waals surface area contributed by atoms with Crippen molar-refractivity contribution in [1.29, 1.82) is 0 Å². The first-order valence-electron chi connectivity index (χ1n) is 5.38. The second-order valence-corrected chi connectivity index (χ2v) is 3.95. The molecule has 0 aliphatic carbocycles. The van der Waals surface area contributed by atoms with Crippen molar-refractivity contribution < 1.29 is 4.42 Å². The number of anilines is 1. The zero-order valence-corrected chi connectivity index (χ0v) is 8.81. The van der Waals surface area contributed by atoms with Gasteiger partial charge in [-0.05, 0) is 12.1 Å². The van der Waals surface area contributed by atoms with Gasteiger partial charge in [-0.25, -0.2) is 4.98 Å². The van der Waals surface area contributed by atoms with Crippen molar-refractivity contribution in [2.24, 2.45) is 0 Å². The number of aromatic nitrogens is 1. The third kappa shape index (κ3) is 1.79. The van der Waals surface area contributed by atoms with E-state index in [1.807, 2.05) is 12.1 Å². The average Bonchev–Trinajstić information content (AvgIpc) is 2.77. The Balaban J connectivity index is 1.82. The van der Waals surface area contributed by atoms with Gasteiger partial charge in [0.1, 0.15) is 0 Å². The quantitative estimate of drug-likeness (QED) is 0.818. The number of hydrogen-bond acceptors (Lipinski definition) is 4. The molecule has 0 radical (unpaired) electrons. The van der Waals surface area contributed by atoms with Crippen molar-refractivity contribution in [3.63, 3.8) is 0 Å². The van der Waals surface area contributed by atoms with Gasteiger partial charge in [0.15, 0.2) is 12.2 Å². The van der Waals surface area contributed by atoms with Gasteiger partial charge in [0.2, 0.25) is 0 Å². The molecule has 0 saturated carbocycles. The van der Waals surface area contributed by atoms with Crippen LogP contribution in [0.25, 0.3) is 11.3 Å². The highest BCUT2D eigenvalue weighted by Gasteiger charge is 2.15. The van der Waals surface area contributed by atoms with Gasteiger partial charge in [-0.3, -0.25) is 0 Å². The molecule has 0 unspecified atom stereocenters. The molecule has 0 bridgehead atoms. The molecule has 4 nitrogen and oxygen atoms in total. The largest absolute Gasteiger partial charge is 0.444 e. The molecule has 1 fully saturated rings. The Morgan fingerprint density at radius 1 is 1.38 bits per heavy atom. The zero-order valence-electron chi connectivity index (χ0n) is 8.81. The summed E-state index contributed by atoms with van der Waals surface area (Å²) in [5, 5.41) is 6.69. The molecule has 3 rings (SSSR count). The Morgan fingerprint density at radius 2 is 2.31 bits per heavy atom. The van der Waals surface area contributed by atoms with E-state index in [-0.39, 0.29) is 0 Å². The van der Waals surface area contributed by atoms with Crippen LogP contribution >= 0.6 is 0 Å². The van der Waals surface area contributed by atoms with Crippen LogP contribution in [0.15, 0.2) is 41.3 Å². The van der Waals surface area contributed by atoms with Crippen molar-refractivity contribution >= 4 is 5.69 Å².